The van der Waals surface area contributed by atoms with E-state index in [0.29, 0.717) is 25.3 Å². The standard InChI is InChI=1S/C23H23N3O3/c1-2-26(15-17-6-4-3-5-7-17)23(27)20-10-9-19(14-25-20)24-13-18-8-11-21-22(12-18)29-16-28-21/h3-12,14,24H,2,13,15-16H2,1H3. The topological polar surface area (TPSA) is 63.7 Å². The lowest BCUT2D eigenvalue weighted by molar-refractivity contribution is 0.0746. The van der Waals surface area contributed by atoms with Gasteiger partial charge in [-0.05, 0) is 42.3 Å². The number of hydrogen-bond acceptors (Lipinski definition) is 5. The van der Waals surface area contributed by atoms with Crippen LogP contribution in [0.2, 0.25) is 0 Å². The lowest BCUT2D eigenvalue weighted by atomic mass is 10.2. The Balaban J connectivity index is 1.37. The van der Waals surface area contributed by atoms with Crippen molar-refractivity contribution in [3.05, 3.63) is 83.7 Å². The van der Waals surface area contributed by atoms with Gasteiger partial charge in [-0.1, -0.05) is 36.4 Å². The first-order chi connectivity index (χ1) is 14.2. The number of benzene rings is 2. The molecule has 0 spiro atoms. The summed E-state index contributed by atoms with van der Waals surface area (Å²) in [6, 6.07) is 19.5. The predicted molar refractivity (Wildman–Crippen MR) is 111 cm³/mol. The molecule has 1 aliphatic rings. The zero-order chi connectivity index (χ0) is 20.1. The molecule has 6 nitrogen and oxygen atoms in total. The zero-order valence-electron chi connectivity index (χ0n) is 16.3. The third kappa shape index (κ3) is 4.48. The average molecular weight is 389 g/mol. The Kier molecular flexibility index (Phi) is 5.61. The maximum atomic E-state index is 12.8. The van der Waals surface area contributed by atoms with Gasteiger partial charge in [0.05, 0.1) is 11.9 Å². The van der Waals surface area contributed by atoms with Gasteiger partial charge < -0.3 is 19.7 Å². The number of anilines is 1. The van der Waals surface area contributed by atoms with Crippen LogP contribution in [0.3, 0.4) is 0 Å². The minimum absolute atomic E-state index is 0.0707. The van der Waals surface area contributed by atoms with E-state index in [1.54, 1.807) is 17.2 Å². The van der Waals surface area contributed by atoms with Gasteiger partial charge in [0.1, 0.15) is 5.69 Å². The van der Waals surface area contributed by atoms with E-state index < -0.39 is 0 Å². The fourth-order valence-corrected chi connectivity index (χ4v) is 3.17. The molecule has 2 aromatic carbocycles. The van der Waals surface area contributed by atoms with Crippen LogP contribution in [-0.4, -0.2) is 29.1 Å². The van der Waals surface area contributed by atoms with Gasteiger partial charge in [-0.25, -0.2) is 4.98 Å². The number of pyridine rings is 1. The van der Waals surface area contributed by atoms with Crippen molar-refractivity contribution in [1.29, 1.82) is 0 Å². The van der Waals surface area contributed by atoms with Gasteiger partial charge in [0.25, 0.3) is 5.91 Å². The van der Waals surface area contributed by atoms with Crippen molar-refractivity contribution < 1.29 is 14.3 Å². The fraction of sp³-hybridized carbons (Fsp3) is 0.217. The lowest BCUT2D eigenvalue weighted by Gasteiger charge is -2.20. The van der Waals surface area contributed by atoms with E-state index in [-0.39, 0.29) is 12.7 Å². The van der Waals surface area contributed by atoms with Gasteiger partial charge in [-0.3, -0.25) is 4.79 Å². The molecule has 0 bridgehead atoms. The van der Waals surface area contributed by atoms with E-state index in [1.165, 1.54) is 0 Å². The van der Waals surface area contributed by atoms with Crippen molar-refractivity contribution >= 4 is 11.6 Å². The van der Waals surface area contributed by atoms with E-state index in [2.05, 4.69) is 10.3 Å². The molecule has 29 heavy (non-hydrogen) atoms. The zero-order valence-corrected chi connectivity index (χ0v) is 16.3. The molecule has 4 rings (SSSR count). The van der Waals surface area contributed by atoms with E-state index in [1.807, 2.05) is 61.5 Å². The van der Waals surface area contributed by atoms with E-state index in [4.69, 9.17) is 9.47 Å². The summed E-state index contributed by atoms with van der Waals surface area (Å²) in [6.07, 6.45) is 1.69. The van der Waals surface area contributed by atoms with Crippen LogP contribution in [-0.2, 0) is 13.1 Å². The molecule has 0 fully saturated rings. The summed E-state index contributed by atoms with van der Waals surface area (Å²) >= 11 is 0. The molecule has 148 valence electrons. The average Bonchev–Trinajstić information content (AvgIpc) is 3.24. The molecule has 2 heterocycles. The van der Waals surface area contributed by atoms with Gasteiger partial charge in [-0.15, -0.1) is 0 Å². The van der Waals surface area contributed by atoms with Crippen molar-refractivity contribution in [3.63, 3.8) is 0 Å². The lowest BCUT2D eigenvalue weighted by Crippen LogP contribution is -2.30. The molecule has 0 atom stereocenters. The predicted octanol–water partition coefficient (Wildman–Crippen LogP) is 4.08. The highest BCUT2D eigenvalue weighted by Gasteiger charge is 2.16. The fourth-order valence-electron chi connectivity index (χ4n) is 3.17. The first-order valence-corrected chi connectivity index (χ1v) is 9.64. The highest BCUT2D eigenvalue weighted by molar-refractivity contribution is 5.92. The Morgan fingerprint density at radius 1 is 1.03 bits per heavy atom. The molecule has 0 saturated heterocycles. The number of amides is 1. The maximum Gasteiger partial charge on any atom is 0.272 e. The van der Waals surface area contributed by atoms with Gasteiger partial charge in [-0.2, -0.15) is 0 Å². The Morgan fingerprint density at radius 2 is 1.86 bits per heavy atom. The summed E-state index contributed by atoms with van der Waals surface area (Å²) in [5.74, 6) is 1.47. The van der Waals surface area contributed by atoms with Gasteiger partial charge in [0, 0.05) is 19.6 Å². The van der Waals surface area contributed by atoms with Crippen LogP contribution in [0.5, 0.6) is 11.5 Å². The van der Waals surface area contributed by atoms with Crippen LogP contribution in [0.4, 0.5) is 5.69 Å². The molecule has 3 aromatic rings. The first kappa shape index (κ1) is 18.8. The number of nitrogens with one attached hydrogen (secondary N) is 1. The Morgan fingerprint density at radius 3 is 2.62 bits per heavy atom. The summed E-state index contributed by atoms with van der Waals surface area (Å²) in [5.41, 5.74) is 3.47. The number of nitrogens with zero attached hydrogens (tertiary/aromatic N) is 2. The minimum atomic E-state index is -0.0707. The number of ether oxygens (including phenoxy) is 2. The summed E-state index contributed by atoms with van der Waals surface area (Å²) in [7, 11) is 0. The van der Waals surface area contributed by atoms with Gasteiger partial charge in [0.2, 0.25) is 6.79 Å². The summed E-state index contributed by atoms with van der Waals surface area (Å²) in [4.78, 5) is 18.9. The van der Waals surface area contributed by atoms with Gasteiger partial charge >= 0.3 is 0 Å². The number of hydrogen-bond donors (Lipinski definition) is 1. The molecular formula is C23H23N3O3. The molecule has 0 aliphatic carbocycles. The monoisotopic (exact) mass is 389 g/mol. The highest BCUT2D eigenvalue weighted by atomic mass is 16.7. The largest absolute Gasteiger partial charge is 0.454 e. The molecular weight excluding hydrogens is 366 g/mol. The first-order valence-electron chi connectivity index (χ1n) is 9.64. The van der Waals surface area contributed by atoms with Crippen LogP contribution >= 0.6 is 0 Å². The van der Waals surface area contributed by atoms with Crippen LogP contribution < -0.4 is 14.8 Å². The van der Waals surface area contributed by atoms with E-state index >= 15 is 0 Å². The van der Waals surface area contributed by atoms with Crippen molar-refractivity contribution in [2.75, 3.05) is 18.7 Å². The smallest absolute Gasteiger partial charge is 0.272 e. The molecule has 1 aliphatic heterocycles. The second-order valence-corrected chi connectivity index (χ2v) is 6.78. The second-order valence-electron chi connectivity index (χ2n) is 6.78. The van der Waals surface area contributed by atoms with Crippen molar-refractivity contribution in [1.82, 2.24) is 9.88 Å². The number of fused-ring (bicyclic) bond motifs is 1. The van der Waals surface area contributed by atoms with Gasteiger partial charge in [0.15, 0.2) is 11.5 Å². The Bertz CT molecular complexity index is 974. The SMILES string of the molecule is CCN(Cc1ccccc1)C(=O)c1ccc(NCc2ccc3c(c2)OCO3)cn1. The van der Waals surface area contributed by atoms with Crippen LogP contribution in [0.1, 0.15) is 28.5 Å². The quantitative estimate of drug-likeness (QED) is 0.660. The third-order valence-corrected chi connectivity index (χ3v) is 4.80. The Labute approximate surface area is 170 Å². The van der Waals surface area contributed by atoms with Crippen molar-refractivity contribution in [3.8, 4) is 11.5 Å². The number of carbonyl (C=O) groups excluding carboxylic acids is 1. The van der Waals surface area contributed by atoms with Crippen molar-refractivity contribution in [2.24, 2.45) is 0 Å². The molecule has 0 unspecified atom stereocenters. The Hall–Kier alpha value is -3.54. The molecule has 1 aromatic heterocycles. The molecule has 6 heteroatoms. The summed E-state index contributed by atoms with van der Waals surface area (Å²) in [6.45, 7) is 4.06. The normalized spacial score (nSPS) is 11.9. The minimum Gasteiger partial charge on any atom is -0.454 e. The second kappa shape index (κ2) is 8.65. The molecule has 1 N–H and O–H groups in total. The number of aromatic nitrogens is 1. The van der Waals surface area contributed by atoms with Crippen LogP contribution in [0, 0.1) is 0 Å². The van der Waals surface area contributed by atoms with E-state index in [0.717, 1.165) is 28.3 Å². The van der Waals surface area contributed by atoms with Crippen molar-refractivity contribution in [2.45, 2.75) is 20.0 Å². The third-order valence-electron chi connectivity index (χ3n) is 4.80. The highest BCUT2D eigenvalue weighted by Crippen LogP contribution is 2.32. The summed E-state index contributed by atoms with van der Waals surface area (Å²) < 4.78 is 10.7. The van der Waals surface area contributed by atoms with Crippen LogP contribution in [0.15, 0.2) is 66.9 Å². The maximum absolute atomic E-state index is 12.8. The molecule has 0 saturated carbocycles. The van der Waals surface area contributed by atoms with E-state index in [9.17, 15) is 4.79 Å². The number of carbonyl (C=O) groups is 1. The molecule has 1 amide bonds. The van der Waals surface area contributed by atoms with Crippen LogP contribution in [0.25, 0.3) is 0 Å². The number of rotatable bonds is 7. The molecule has 0 radical (unpaired) electrons. The summed E-state index contributed by atoms with van der Waals surface area (Å²) in [5, 5.41) is 3.32.